The third kappa shape index (κ3) is 6.04. The molecule has 1 aliphatic carbocycles. The van der Waals surface area contributed by atoms with Gasteiger partial charge in [-0.1, -0.05) is 36.5 Å². The SMILES string of the molecule is CC(C)OC(=O)N1C[C@@H](C)N(c2nc3cc(-c4noc(=O)[nH]4)nc(-c4cncc(Cl)c4)c3n2C[C@H]2CC[C@H](C)CC2)[C@H](C)C1. The molecule has 0 aromatic carbocycles. The Morgan fingerprint density at radius 1 is 1.09 bits per heavy atom. The summed E-state index contributed by atoms with van der Waals surface area (Å²) in [5.74, 6) is 1.57. The fraction of sp³-hybridized carbons (Fsp3) is 0.548. The number of nitrogens with one attached hydrogen (secondary N) is 1. The number of H-pyrrole nitrogens is 1. The zero-order valence-corrected chi connectivity index (χ0v) is 26.5. The Bertz CT molecular complexity index is 1690. The molecule has 1 N–H and O–H groups in total. The van der Waals surface area contributed by atoms with Gasteiger partial charge in [0, 0.05) is 49.7 Å². The lowest BCUT2D eigenvalue weighted by Gasteiger charge is -2.44. The number of hydrogen-bond donors (Lipinski definition) is 1. The van der Waals surface area contributed by atoms with Gasteiger partial charge in [-0.2, -0.15) is 0 Å². The minimum absolute atomic E-state index is 0.0315. The maximum Gasteiger partial charge on any atom is 0.439 e. The number of halogens is 1. The van der Waals surface area contributed by atoms with E-state index in [2.05, 4.69) is 45.4 Å². The fourth-order valence-electron chi connectivity index (χ4n) is 6.63. The number of piperazine rings is 1. The van der Waals surface area contributed by atoms with Gasteiger partial charge in [0.05, 0.1) is 27.9 Å². The van der Waals surface area contributed by atoms with Crippen LogP contribution in [0.1, 0.15) is 60.3 Å². The third-order valence-corrected chi connectivity index (χ3v) is 8.89. The van der Waals surface area contributed by atoms with Crippen molar-refractivity contribution in [3.05, 3.63) is 40.1 Å². The third-order valence-electron chi connectivity index (χ3n) is 8.69. The number of carbonyl (C=O) groups excluding carboxylic acids is 1. The number of hydrogen-bond acceptors (Lipinski definition) is 9. The number of fused-ring (bicyclic) bond motifs is 1. The van der Waals surface area contributed by atoms with Crippen LogP contribution < -0.4 is 10.7 Å². The van der Waals surface area contributed by atoms with Gasteiger partial charge in [0.2, 0.25) is 11.8 Å². The first-order chi connectivity index (χ1) is 21.1. The summed E-state index contributed by atoms with van der Waals surface area (Å²) in [7, 11) is 0. The molecule has 4 aromatic heterocycles. The van der Waals surface area contributed by atoms with E-state index < -0.39 is 5.76 Å². The van der Waals surface area contributed by atoms with Crippen LogP contribution in [0.15, 0.2) is 33.8 Å². The maximum atomic E-state index is 12.8. The second-order valence-corrected chi connectivity index (χ2v) is 13.1. The molecule has 12 nitrogen and oxygen atoms in total. The standard InChI is InChI=1S/C31H39ClN8O4/c1-17(2)43-31(42)38-14-19(4)40(20(5)15-38)29-35-24-11-25(28-36-30(41)44-37-28)34-26(22-10-23(32)13-33-12-22)27(24)39(29)16-21-8-6-18(3)7-9-21/h10-13,17-21H,6-9,14-16H2,1-5H3,(H,36,37,41)/t18-,19-,20-,21-/m1/s1. The molecule has 1 aliphatic heterocycles. The van der Waals surface area contributed by atoms with E-state index in [1.807, 2.05) is 26.0 Å². The maximum absolute atomic E-state index is 12.8. The van der Waals surface area contributed by atoms with Gasteiger partial charge in [-0.15, -0.1) is 0 Å². The monoisotopic (exact) mass is 622 g/mol. The van der Waals surface area contributed by atoms with Crippen molar-refractivity contribution in [3.63, 3.8) is 0 Å². The van der Waals surface area contributed by atoms with Gasteiger partial charge in [0.15, 0.2) is 0 Å². The van der Waals surface area contributed by atoms with E-state index in [4.69, 9.17) is 30.8 Å². The number of imidazole rings is 1. The van der Waals surface area contributed by atoms with Crippen LogP contribution in [0, 0.1) is 11.8 Å². The predicted octanol–water partition coefficient (Wildman–Crippen LogP) is 5.76. The largest absolute Gasteiger partial charge is 0.447 e. The zero-order chi connectivity index (χ0) is 31.1. The van der Waals surface area contributed by atoms with Gasteiger partial charge in [-0.3, -0.25) is 14.5 Å². The molecular weight excluding hydrogens is 584 g/mol. The Labute approximate surface area is 260 Å². The zero-order valence-electron chi connectivity index (χ0n) is 25.8. The van der Waals surface area contributed by atoms with Gasteiger partial charge in [0.1, 0.15) is 5.69 Å². The van der Waals surface area contributed by atoms with Gasteiger partial charge in [-0.25, -0.2) is 19.6 Å². The lowest BCUT2D eigenvalue weighted by Crippen LogP contribution is -2.59. The number of rotatable bonds is 6. The molecule has 13 heteroatoms. The van der Waals surface area contributed by atoms with Crippen LogP contribution in [0.25, 0.3) is 33.8 Å². The van der Waals surface area contributed by atoms with Crippen molar-refractivity contribution < 1.29 is 14.1 Å². The minimum Gasteiger partial charge on any atom is -0.447 e. The first-order valence-corrected chi connectivity index (χ1v) is 15.8. The van der Waals surface area contributed by atoms with Crippen molar-refractivity contribution in [1.82, 2.24) is 34.6 Å². The molecule has 234 valence electrons. The summed E-state index contributed by atoms with van der Waals surface area (Å²) in [5.41, 5.74) is 3.34. The number of anilines is 1. The van der Waals surface area contributed by atoms with Crippen LogP contribution in [0.3, 0.4) is 0 Å². The van der Waals surface area contributed by atoms with Gasteiger partial charge < -0.3 is 19.1 Å². The molecule has 4 aromatic rings. The summed E-state index contributed by atoms with van der Waals surface area (Å²) in [6.07, 6.45) is 7.50. The van der Waals surface area contributed by atoms with E-state index in [0.29, 0.717) is 40.9 Å². The minimum atomic E-state index is -0.665. The lowest BCUT2D eigenvalue weighted by atomic mass is 9.83. The average Bonchev–Trinajstić information content (AvgIpc) is 3.56. The molecule has 2 atom stereocenters. The summed E-state index contributed by atoms with van der Waals surface area (Å²) in [6.45, 7) is 12.1. The highest BCUT2D eigenvalue weighted by Gasteiger charge is 2.37. The molecule has 2 fully saturated rings. The number of nitrogens with zero attached hydrogens (tertiary/aromatic N) is 7. The second-order valence-electron chi connectivity index (χ2n) is 12.7. The summed E-state index contributed by atoms with van der Waals surface area (Å²) >= 11 is 6.41. The van der Waals surface area contributed by atoms with E-state index >= 15 is 0 Å². The fourth-order valence-corrected chi connectivity index (χ4v) is 6.80. The van der Waals surface area contributed by atoms with Crippen LogP contribution >= 0.6 is 11.6 Å². The quantitative estimate of drug-likeness (QED) is 0.285. The Balaban J connectivity index is 1.51. The van der Waals surface area contributed by atoms with Crippen LogP contribution in [-0.4, -0.2) is 71.9 Å². The Hall–Kier alpha value is -3.93. The van der Waals surface area contributed by atoms with E-state index in [9.17, 15) is 9.59 Å². The lowest BCUT2D eigenvalue weighted by molar-refractivity contribution is 0.0668. The van der Waals surface area contributed by atoms with Gasteiger partial charge in [0.25, 0.3) is 0 Å². The van der Waals surface area contributed by atoms with Crippen molar-refractivity contribution in [2.24, 2.45) is 11.8 Å². The van der Waals surface area contributed by atoms with Crippen LogP contribution in [-0.2, 0) is 11.3 Å². The molecular formula is C31H39ClN8O4. The predicted molar refractivity (Wildman–Crippen MR) is 168 cm³/mol. The summed E-state index contributed by atoms with van der Waals surface area (Å²) in [4.78, 5) is 46.0. The Morgan fingerprint density at radius 2 is 1.82 bits per heavy atom. The van der Waals surface area contributed by atoms with Gasteiger partial charge in [-0.05, 0) is 64.5 Å². The van der Waals surface area contributed by atoms with Crippen LogP contribution in [0.5, 0.6) is 0 Å². The average molecular weight is 623 g/mol. The van der Waals surface area contributed by atoms with Crippen molar-refractivity contribution in [2.45, 2.75) is 85.0 Å². The molecule has 1 amide bonds. The number of pyridine rings is 2. The highest BCUT2D eigenvalue weighted by atomic mass is 35.5. The molecule has 6 rings (SSSR count). The Kier molecular flexibility index (Phi) is 8.36. The summed E-state index contributed by atoms with van der Waals surface area (Å²) in [5, 5.41) is 4.38. The van der Waals surface area contributed by atoms with E-state index in [1.165, 1.54) is 12.8 Å². The smallest absolute Gasteiger partial charge is 0.439 e. The van der Waals surface area contributed by atoms with Crippen LogP contribution in [0.2, 0.25) is 5.02 Å². The first-order valence-electron chi connectivity index (χ1n) is 15.4. The molecule has 0 bridgehead atoms. The molecule has 5 heterocycles. The van der Waals surface area contributed by atoms with Crippen molar-refractivity contribution >= 4 is 34.7 Å². The van der Waals surface area contributed by atoms with Crippen molar-refractivity contribution in [2.75, 3.05) is 18.0 Å². The number of ether oxygens (including phenoxy) is 1. The van der Waals surface area contributed by atoms with E-state index in [1.54, 1.807) is 17.3 Å². The number of aromatic amines is 1. The van der Waals surface area contributed by atoms with Crippen LogP contribution in [0.4, 0.5) is 10.7 Å². The van der Waals surface area contributed by atoms with E-state index in [0.717, 1.165) is 42.3 Å². The number of amides is 1. The normalized spacial score (nSPS) is 22.6. The number of carbonyl (C=O) groups is 1. The molecule has 44 heavy (non-hydrogen) atoms. The molecule has 0 radical (unpaired) electrons. The molecule has 0 spiro atoms. The molecule has 1 saturated carbocycles. The second kappa shape index (κ2) is 12.2. The molecule has 2 aliphatic rings. The summed E-state index contributed by atoms with van der Waals surface area (Å²) < 4.78 is 12.6. The molecule has 0 unspecified atom stereocenters. The Morgan fingerprint density at radius 3 is 2.45 bits per heavy atom. The topological polar surface area (TPSA) is 135 Å². The van der Waals surface area contributed by atoms with Crippen molar-refractivity contribution in [1.29, 1.82) is 0 Å². The molecule has 1 saturated heterocycles. The van der Waals surface area contributed by atoms with Crippen molar-refractivity contribution in [3.8, 4) is 22.8 Å². The first kappa shape index (κ1) is 30.1. The highest BCUT2D eigenvalue weighted by Crippen LogP contribution is 2.38. The summed E-state index contributed by atoms with van der Waals surface area (Å²) in [6, 6.07) is 3.60. The van der Waals surface area contributed by atoms with E-state index in [-0.39, 0.29) is 30.1 Å². The highest BCUT2D eigenvalue weighted by molar-refractivity contribution is 6.30. The van der Waals surface area contributed by atoms with Gasteiger partial charge >= 0.3 is 11.8 Å². The number of aromatic nitrogens is 6.